The molecular weight excluding hydrogens is 178 g/mol. The summed E-state index contributed by atoms with van der Waals surface area (Å²) in [5, 5.41) is 0. The molecule has 80 valence electrons. The van der Waals surface area contributed by atoms with Gasteiger partial charge in [0.05, 0.1) is 17.2 Å². The molecule has 1 heterocycles. The number of nitrogens with one attached hydrogen (secondary N) is 1. The molecule has 1 unspecified atom stereocenters. The largest absolute Gasteiger partial charge is 0.368 e. The Kier molecular flexibility index (Phi) is 3.20. The Balaban J connectivity index is 2.49. The second-order valence-corrected chi connectivity index (χ2v) is 4.83. The standard InChI is InChI=1S/C11H19NO2/c1-6-7-13-12-9-8-10(2,3)14-11(9,4)5/h1,9,12H,7-8H2,2-5H3. The van der Waals surface area contributed by atoms with Crippen molar-refractivity contribution in [3.8, 4) is 12.3 Å². The van der Waals surface area contributed by atoms with E-state index in [1.54, 1.807) is 0 Å². The van der Waals surface area contributed by atoms with Crippen LogP contribution in [0, 0.1) is 12.3 Å². The molecule has 0 saturated carbocycles. The van der Waals surface area contributed by atoms with Gasteiger partial charge in [0.2, 0.25) is 0 Å². The average molecular weight is 197 g/mol. The maximum Gasteiger partial charge on any atom is 0.128 e. The molecule has 1 N–H and O–H groups in total. The van der Waals surface area contributed by atoms with E-state index in [9.17, 15) is 0 Å². The SMILES string of the molecule is C#CCONC1CC(C)(C)OC1(C)C. The lowest BCUT2D eigenvalue weighted by molar-refractivity contribution is -0.0845. The van der Waals surface area contributed by atoms with E-state index in [1.165, 1.54) is 0 Å². The van der Waals surface area contributed by atoms with Crippen LogP contribution in [0.15, 0.2) is 0 Å². The second-order valence-electron chi connectivity index (χ2n) is 4.83. The summed E-state index contributed by atoms with van der Waals surface area (Å²) in [5.74, 6) is 2.41. The molecule has 0 radical (unpaired) electrons. The van der Waals surface area contributed by atoms with Crippen LogP contribution in [0.5, 0.6) is 0 Å². The first-order chi connectivity index (χ1) is 6.37. The van der Waals surface area contributed by atoms with Crippen molar-refractivity contribution in [3.05, 3.63) is 0 Å². The number of rotatable bonds is 3. The van der Waals surface area contributed by atoms with Gasteiger partial charge in [0, 0.05) is 0 Å². The van der Waals surface area contributed by atoms with Crippen molar-refractivity contribution >= 4 is 0 Å². The highest BCUT2D eigenvalue weighted by Crippen LogP contribution is 2.37. The molecule has 1 rings (SSSR count). The zero-order valence-corrected chi connectivity index (χ0v) is 9.39. The van der Waals surface area contributed by atoms with Gasteiger partial charge in [0.1, 0.15) is 6.61 Å². The third kappa shape index (κ3) is 2.71. The van der Waals surface area contributed by atoms with E-state index in [2.05, 4.69) is 39.1 Å². The number of terminal acetylenes is 1. The summed E-state index contributed by atoms with van der Waals surface area (Å²) < 4.78 is 5.89. The first kappa shape index (κ1) is 11.5. The third-order valence-corrected chi connectivity index (χ3v) is 2.46. The molecule has 1 atom stereocenters. The normalized spacial score (nSPS) is 28.6. The summed E-state index contributed by atoms with van der Waals surface area (Å²) in [7, 11) is 0. The Bertz CT molecular complexity index is 240. The van der Waals surface area contributed by atoms with Crippen molar-refractivity contribution in [1.29, 1.82) is 0 Å². The van der Waals surface area contributed by atoms with E-state index in [0.29, 0.717) is 0 Å². The van der Waals surface area contributed by atoms with Gasteiger partial charge in [-0.05, 0) is 34.1 Å². The van der Waals surface area contributed by atoms with Crippen molar-refractivity contribution < 1.29 is 9.57 Å². The van der Waals surface area contributed by atoms with E-state index < -0.39 is 0 Å². The molecule has 0 bridgehead atoms. The van der Waals surface area contributed by atoms with Crippen LogP contribution in [0.25, 0.3) is 0 Å². The monoisotopic (exact) mass is 197 g/mol. The van der Waals surface area contributed by atoms with Crippen LogP contribution in [-0.4, -0.2) is 23.9 Å². The molecule has 0 amide bonds. The minimum atomic E-state index is -0.210. The fraction of sp³-hybridized carbons (Fsp3) is 0.818. The Morgan fingerprint density at radius 1 is 1.50 bits per heavy atom. The molecule has 0 aromatic carbocycles. The van der Waals surface area contributed by atoms with Gasteiger partial charge in [-0.1, -0.05) is 5.92 Å². The third-order valence-electron chi connectivity index (χ3n) is 2.46. The lowest BCUT2D eigenvalue weighted by atomic mass is 9.95. The fourth-order valence-electron chi connectivity index (χ4n) is 1.93. The maximum atomic E-state index is 5.89. The highest BCUT2D eigenvalue weighted by molar-refractivity contribution is 4.97. The quantitative estimate of drug-likeness (QED) is 0.422. The highest BCUT2D eigenvalue weighted by atomic mass is 16.6. The van der Waals surface area contributed by atoms with Crippen molar-refractivity contribution in [3.63, 3.8) is 0 Å². The van der Waals surface area contributed by atoms with Gasteiger partial charge in [-0.2, -0.15) is 5.48 Å². The van der Waals surface area contributed by atoms with E-state index in [4.69, 9.17) is 16.0 Å². The fourth-order valence-corrected chi connectivity index (χ4v) is 1.93. The lowest BCUT2D eigenvalue weighted by Gasteiger charge is -2.27. The van der Waals surface area contributed by atoms with Crippen LogP contribution in [-0.2, 0) is 9.57 Å². The van der Waals surface area contributed by atoms with E-state index >= 15 is 0 Å². The number of hydrogen-bond acceptors (Lipinski definition) is 3. The summed E-state index contributed by atoms with van der Waals surface area (Å²) in [6.07, 6.45) is 6.01. The predicted molar refractivity (Wildman–Crippen MR) is 55.6 cm³/mol. The number of hydroxylamine groups is 1. The van der Waals surface area contributed by atoms with Crippen molar-refractivity contribution in [2.24, 2.45) is 0 Å². The van der Waals surface area contributed by atoms with Gasteiger partial charge in [-0.25, -0.2) is 0 Å². The zero-order chi connectivity index (χ0) is 10.8. The van der Waals surface area contributed by atoms with Crippen molar-refractivity contribution in [2.45, 2.75) is 51.4 Å². The molecule has 3 heteroatoms. The van der Waals surface area contributed by atoms with Gasteiger partial charge in [-0.15, -0.1) is 6.42 Å². The van der Waals surface area contributed by atoms with E-state index in [0.717, 1.165) is 6.42 Å². The summed E-state index contributed by atoms with van der Waals surface area (Å²) in [5.41, 5.74) is 2.65. The second kappa shape index (κ2) is 3.90. The van der Waals surface area contributed by atoms with Crippen molar-refractivity contribution in [1.82, 2.24) is 5.48 Å². The molecule has 0 aromatic heterocycles. The minimum absolute atomic E-state index is 0.0966. The molecule has 1 aliphatic heterocycles. The van der Waals surface area contributed by atoms with Crippen LogP contribution in [0.4, 0.5) is 0 Å². The van der Waals surface area contributed by atoms with Crippen LogP contribution in [0.3, 0.4) is 0 Å². The molecule has 0 spiro atoms. The molecule has 1 saturated heterocycles. The number of ether oxygens (including phenoxy) is 1. The van der Waals surface area contributed by atoms with Gasteiger partial charge in [0.25, 0.3) is 0 Å². The molecule has 1 fully saturated rings. The Labute approximate surface area is 86.1 Å². The van der Waals surface area contributed by atoms with Gasteiger partial charge < -0.3 is 4.74 Å². The first-order valence-electron chi connectivity index (χ1n) is 4.88. The first-order valence-corrected chi connectivity index (χ1v) is 4.88. The smallest absolute Gasteiger partial charge is 0.128 e. The summed E-state index contributed by atoms with van der Waals surface area (Å²) >= 11 is 0. The van der Waals surface area contributed by atoms with Gasteiger partial charge >= 0.3 is 0 Å². The Hall–Kier alpha value is -0.560. The topological polar surface area (TPSA) is 30.5 Å². The molecular formula is C11H19NO2. The zero-order valence-electron chi connectivity index (χ0n) is 9.39. The van der Waals surface area contributed by atoms with E-state index in [1.807, 2.05) is 0 Å². The maximum absolute atomic E-state index is 5.89. The Morgan fingerprint density at radius 3 is 2.57 bits per heavy atom. The average Bonchev–Trinajstić information content (AvgIpc) is 2.20. The lowest BCUT2D eigenvalue weighted by Crippen LogP contribution is -2.43. The Morgan fingerprint density at radius 2 is 2.14 bits per heavy atom. The molecule has 3 nitrogen and oxygen atoms in total. The minimum Gasteiger partial charge on any atom is -0.368 e. The van der Waals surface area contributed by atoms with Crippen LogP contribution in [0.1, 0.15) is 34.1 Å². The molecule has 0 aliphatic carbocycles. The molecule has 14 heavy (non-hydrogen) atoms. The van der Waals surface area contributed by atoms with Crippen LogP contribution in [0.2, 0.25) is 0 Å². The summed E-state index contributed by atoms with van der Waals surface area (Å²) in [6, 6.07) is 0.186. The van der Waals surface area contributed by atoms with Gasteiger partial charge in [0.15, 0.2) is 0 Å². The number of hydrogen-bond donors (Lipinski definition) is 1. The summed E-state index contributed by atoms with van der Waals surface area (Å²) in [4.78, 5) is 5.13. The predicted octanol–water partition coefficient (Wildman–Crippen LogP) is 1.49. The molecule has 1 aliphatic rings. The van der Waals surface area contributed by atoms with Gasteiger partial charge in [-0.3, -0.25) is 4.84 Å². The summed E-state index contributed by atoms with van der Waals surface area (Å²) in [6.45, 7) is 8.56. The van der Waals surface area contributed by atoms with Crippen LogP contribution < -0.4 is 5.48 Å². The van der Waals surface area contributed by atoms with Crippen molar-refractivity contribution in [2.75, 3.05) is 6.61 Å². The van der Waals surface area contributed by atoms with E-state index in [-0.39, 0.29) is 23.9 Å². The van der Waals surface area contributed by atoms with Crippen LogP contribution >= 0.6 is 0 Å². The highest BCUT2D eigenvalue weighted by Gasteiger charge is 2.45. The molecule has 0 aromatic rings.